The van der Waals surface area contributed by atoms with Crippen LogP contribution in [0.15, 0.2) is 47.0 Å². The zero-order valence-electron chi connectivity index (χ0n) is 10.7. The van der Waals surface area contributed by atoms with Crippen molar-refractivity contribution in [2.75, 3.05) is 11.1 Å². The van der Waals surface area contributed by atoms with Gasteiger partial charge < -0.3 is 15.5 Å². The van der Waals surface area contributed by atoms with Crippen LogP contribution in [0.1, 0.15) is 11.5 Å². The summed E-state index contributed by atoms with van der Waals surface area (Å²) in [5, 5.41) is 4.37. The number of aromatic nitrogens is 1. The van der Waals surface area contributed by atoms with Crippen LogP contribution >= 0.6 is 0 Å². The lowest BCUT2D eigenvalue weighted by atomic mass is 10.1. The minimum Gasteiger partial charge on any atom is -0.465 e. The third-order valence-electron chi connectivity index (χ3n) is 3.05. The van der Waals surface area contributed by atoms with Crippen molar-refractivity contribution in [3.63, 3.8) is 0 Å². The zero-order valence-corrected chi connectivity index (χ0v) is 10.7. The molecule has 0 saturated heterocycles. The summed E-state index contributed by atoms with van der Waals surface area (Å²) in [6.45, 7) is 2.58. The number of benzene rings is 1. The Labute approximate surface area is 111 Å². The molecule has 0 aliphatic carbocycles. The number of nitrogens with two attached hydrogens (primary N) is 1. The van der Waals surface area contributed by atoms with Crippen LogP contribution < -0.4 is 11.1 Å². The number of pyridine rings is 1. The second-order valence-corrected chi connectivity index (χ2v) is 4.47. The molecule has 0 unspecified atom stereocenters. The molecule has 2 heterocycles. The van der Waals surface area contributed by atoms with Crippen LogP contribution in [0, 0.1) is 6.92 Å². The zero-order chi connectivity index (χ0) is 13.2. The number of hydrogen-bond acceptors (Lipinski definition) is 4. The average molecular weight is 253 g/mol. The van der Waals surface area contributed by atoms with E-state index in [0.29, 0.717) is 12.2 Å². The van der Waals surface area contributed by atoms with Crippen molar-refractivity contribution in [2.24, 2.45) is 0 Å². The van der Waals surface area contributed by atoms with E-state index in [1.165, 1.54) is 0 Å². The SMILES string of the molecule is Cc1ccc(CNc2ccnc3c(N)cccc23)o1. The predicted molar refractivity (Wildman–Crippen MR) is 76.9 cm³/mol. The molecule has 0 atom stereocenters. The molecule has 3 aromatic rings. The van der Waals surface area contributed by atoms with E-state index < -0.39 is 0 Å². The van der Waals surface area contributed by atoms with Gasteiger partial charge in [0.25, 0.3) is 0 Å². The normalized spacial score (nSPS) is 10.8. The second kappa shape index (κ2) is 4.65. The molecule has 0 amide bonds. The van der Waals surface area contributed by atoms with E-state index in [1.807, 2.05) is 43.3 Å². The van der Waals surface area contributed by atoms with E-state index in [0.717, 1.165) is 28.1 Å². The van der Waals surface area contributed by atoms with Gasteiger partial charge in [-0.2, -0.15) is 0 Å². The summed E-state index contributed by atoms with van der Waals surface area (Å²) in [5.74, 6) is 1.83. The molecular formula is C15H15N3O. The van der Waals surface area contributed by atoms with Gasteiger partial charge in [-0.15, -0.1) is 0 Å². The fraction of sp³-hybridized carbons (Fsp3) is 0.133. The van der Waals surface area contributed by atoms with Gasteiger partial charge in [0.05, 0.1) is 17.7 Å². The Morgan fingerprint density at radius 2 is 2.11 bits per heavy atom. The van der Waals surface area contributed by atoms with Crippen LogP contribution in [0.4, 0.5) is 11.4 Å². The van der Waals surface area contributed by atoms with Gasteiger partial charge in [0.2, 0.25) is 0 Å². The van der Waals surface area contributed by atoms with E-state index in [2.05, 4.69) is 10.3 Å². The van der Waals surface area contributed by atoms with E-state index in [9.17, 15) is 0 Å². The largest absolute Gasteiger partial charge is 0.465 e. The Hall–Kier alpha value is -2.49. The molecule has 3 rings (SSSR count). The van der Waals surface area contributed by atoms with Crippen LogP contribution in [0.2, 0.25) is 0 Å². The van der Waals surface area contributed by atoms with Crippen LogP contribution in [-0.2, 0) is 6.54 Å². The molecule has 0 bridgehead atoms. The fourth-order valence-corrected chi connectivity index (χ4v) is 2.12. The first-order valence-electron chi connectivity index (χ1n) is 6.16. The maximum absolute atomic E-state index is 5.93. The average Bonchev–Trinajstić information content (AvgIpc) is 2.83. The van der Waals surface area contributed by atoms with Crippen molar-refractivity contribution in [2.45, 2.75) is 13.5 Å². The van der Waals surface area contributed by atoms with Crippen LogP contribution in [-0.4, -0.2) is 4.98 Å². The third kappa shape index (κ3) is 2.25. The van der Waals surface area contributed by atoms with Gasteiger partial charge in [-0.3, -0.25) is 4.98 Å². The predicted octanol–water partition coefficient (Wildman–Crippen LogP) is 3.33. The van der Waals surface area contributed by atoms with E-state index in [1.54, 1.807) is 6.20 Å². The van der Waals surface area contributed by atoms with Gasteiger partial charge in [-0.25, -0.2) is 0 Å². The Balaban J connectivity index is 1.91. The molecule has 19 heavy (non-hydrogen) atoms. The highest BCUT2D eigenvalue weighted by molar-refractivity contribution is 5.97. The number of fused-ring (bicyclic) bond motifs is 1. The molecular weight excluding hydrogens is 238 g/mol. The van der Waals surface area contributed by atoms with Crippen molar-refractivity contribution in [1.82, 2.24) is 4.98 Å². The van der Waals surface area contributed by atoms with Crippen molar-refractivity contribution in [1.29, 1.82) is 0 Å². The maximum atomic E-state index is 5.93. The van der Waals surface area contributed by atoms with E-state index in [4.69, 9.17) is 10.2 Å². The lowest BCUT2D eigenvalue weighted by Gasteiger charge is -2.09. The first-order valence-corrected chi connectivity index (χ1v) is 6.16. The summed E-state index contributed by atoms with van der Waals surface area (Å²) in [5.41, 5.74) is 8.44. The summed E-state index contributed by atoms with van der Waals surface area (Å²) >= 11 is 0. The standard InChI is InChI=1S/C15H15N3O/c1-10-5-6-11(19-10)9-18-14-7-8-17-15-12(14)3-2-4-13(15)16/h2-8H,9,16H2,1H3,(H,17,18). The van der Waals surface area contributed by atoms with E-state index >= 15 is 0 Å². The topological polar surface area (TPSA) is 64.1 Å². The Kier molecular flexibility index (Phi) is 2.83. The molecule has 0 radical (unpaired) electrons. The van der Waals surface area contributed by atoms with Crippen LogP contribution in [0.3, 0.4) is 0 Å². The van der Waals surface area contributed by atoms with Crippen molar-refractivity contribution < 1.29 is 4.42 Å². The molecule has 0 spiro atoms. The highest BCUT2D eigenvalue weighted by Gasteiger charge is 2.05. The minimum absolute atomic E-state index is 0.641. The van der Waals surface area contributed by atoms with Gasteiger partial charge >= 0.3 is 0 Å². The maximum Gasteiger partial charge on any atom is 0.123 e. The molecule has 0 aliphatic heterocycles. The minimum atomic E-state index is 0.641. The first kappa shape index (κ1) is 11.6. The smallest absolute Gasteiger partial charge is 0.123 e. The molecule has 0 fully saturated rings. The Morgan fingerprint density at radius 3 is 2.89 bits per heavy atom. The van der Waals surface area contributed by atoms with Crippen molar-refractivity contribution >= 4 is 22.3 Å². The molecule has 3 N–H and O–H groups in total. The Morgan fingerprint density at radius 1 is 1.21 bits per heavy atom. The summed E-state index contributed by atoms with van der Waals surface area (Å²) in [6.07, 6.45) is 1.76. The number of rotatable bonds is 3. The Bertz CT molecular complexity index is 718. The van der Waals surface area contributed by atoms with Gasteiger partial charge in [0.1, 0.15) is 11.5 Å². The molecule has 4 nitrogen and oxygen atoms in total. The number of anilines is 2. The number of aryl methyl sites for hydroxylation is 1. The van der Waals surface area contributed by atoms with Crippen LogP contribution in [0.5, 0.6) is 0 Å². The summed E-state index contributed by atoms with van der Waals surface area (Å²) in [6, 6.07) is 11.7. The molecule has 0 aliphatic rings. The summed E-state index contributed by atoms with van der Waals surface area (Å²) < 4.78 is 5.54. The number of hydrogen-bond donors (Lipinski definition) is 2. The summed E-state index contributed by atoms with van der Waals surface area (Å²) in [7, 11) is 0. The second-order valence-electron chi connectivity index (χ2n) is 4.47. The molecule has 96 valence electrons. The van der Waals surface area contributed by atoms with Crippen LogP contribution in [0.25, 0.3) is 10.9 Å². The number of nitrogen functional groups attached to an aromatic ring is 1. The molecule has 1 aromatic carbocycles. The monoisotopic (exact) mass is 253 g/mol. The van der Waals surface area contributed by atoms with Crippen molar-refractivity contribution in [3.05, 3.63) is 54.1 Å². The lowest BCUT2D eigenvalue weighted by Crippen LogP contribution is -2.00. The van der Waals surface area contributed by atoms with E-state index in [-0.39, 0.29) is 0 Å². The molecule has 4 heteroatoms. The number of nitrogens with zero attached hydrogens (tertiary/aromatic N) is 1. The lowest BCUT2D eigenvalue weighted by molar-refractivity contribution is 0.490. The first-order chi connectivity index (χ1) is 9.24. The highest BCUT2D eigenvalue weighted by atomic mass is 16.3. The number of furan rings is 1. The van der Waals surface area contributed by atoms with Gasteiger partial charge in [-0.1, -0.05) is 12.1 Å². The van der Waals surface area contributed by atoms with Gasteiger partial charge in [0, 0.05) is 17.3 Å². The number of nitrogens with one attached hydrogen (secondary N) is 1. The quantitative estimate of drug-likeness (QED) is 0.703. The number of para-hydroxylation sites is 1. The summed E-state index contributed by atoms with van der Waals surface area (Å²) in [4.78, 5) is 4.31. The molecule has 2 aromatic heterocycles. The highest BCUT2D eigenvalue weighted by Crippen LogP contribution is 2.25. The van der Waals surface area contributed by atoms with Crippen molar-refractivity contribution in [3.8, 4) is 0 Å². The fourth-order valence-electron chi connectivity index (χ4n) is 2.12. The third-order valence-corrected chi connectivity index (χ3v) is 3.05. The molecule has 0 saturated carbocycles. The van der Waals surface area contributed by atoms with Gasteiger partial charge in [-0.05, 0) is 31.2 Å². The van der Waals surface area contributed by atoms with Gasteiger partial charge in [0.15, 0.2) is 0 Å².